The summed E-state index contributed by atoms with van der Waals surface area (Å²) in [5, 5.41) is -0.713. The molecule has 0 saturated heterocycles. The van der Waals surface area contributed by atoms with E-state index in [1.54, 1.807) is 0 Å². The normalized spacial score (nSPS) is 12.1. The third-order valence-electron chi connectivity index (χ3n) is 3.00. The zero-order chi connectivity index (χ0) is 20.6. The molecule has 0 aliphatic heterocycles. The number of aromatic nitrogens is 2. The van der Waals surface area contributed by atoms with Crippen LogP contribution < -0.4 is 16.0 Å². The molecule has 146 valence electrons. The first kappa shape index (κ1) is 20.6. The van der Waals surface area contributed by atoms with Crippen molar-refractivity contribution in [2.75, 3.05) is 0 Å². The van der Waals surface area contributed by atoms with Crippen molar-refractivity contribution in [1.29, 1.82) is 0 Å². The molecular formula is C14H8ClF6N3O3. The first-order valence-corrected chi connectivity index (χ1v) is 7.20. The zero-order valence-electron chi connectivity index (χ0n) is 12.8. The van der Waals surface area contributed by atoms with Crippen molar-refractivity contribution in [3.05, 3.63) is 50.7 Å². The predicted octanol–water partition coefficient (Wildman–Crippen LogP) is 3.28. The second-order valence-corrected chi connectivity index (χ2v) is 5.48. The molecule has 0 bridgehead atoms. The highest BCUT2D eigenvalue weighted by Crippen LogP contribution is 2.39. The molecular weight excluding hydrogens is 408 g/mol. The zero-order valence-corrected chi connectivity index (χ0v) is 13.6. The number of hydrogen-bond donors (Lipinski definition) is 2. The Morgan fingerprint density at radius 2 is 1.81 bits per heavy atom. The number of nitrogens with zero attached hydrogens (tertiary/aromatic N) is 1. The summed E-state index contributed by atoms with van der Waals surface area (Å²) >= 11 is 5.41. The van der Waals surface area contributed by atoms with Gasteiger partial charge in [-0.3, -0.25) is 9.59 Å². The van der Waals surface area contributed by atoms with Crippen LogP contribution in [0, 0.1) is 0 Å². The largest absolute Gasteiger partial charge is 0.449 e. The topological polar surface area (TPSA) is 98.1 Å². The number of primary amides is 1. The molecule has 3 N–H and O–H groups in total. The lowest BCUT2D eigenvalue weighted by Crippen LogP contribution is -2.25. The molecule has 0 saturated carbocycles. The van der Waals surface area contributed by atoms with Crippen LogP contribution >= 0.6 is 11.6 Å². The van der Waals surface area contributed by atoms with Crippen molar-refractivity contribution in [3.8, 4) is 11.5 Å². The van der Waals surface area contributed by atoms with E-state index >= 15 is 0 Å². The number of carbonyl (C=O) groups excluding carboxylic acids is 1. The molecule has 0 unspecified atom stereocenters. The van der Waals surface area contributed by atoms with Gasteiger partial charge in [-0.1, -0.05) is 11.6 Å². The van der Waals surface area contributed by atoms with E-state index in [9.17, 15) is 35.9 Å². The van der Waals surface area contributed by atoms with Crippen LogP contribution in [-0.2, 0) is 23.6 Å². The monoisotopic (exact) mass is 415 g/mol. The van der Waals surface area contributed by atoms with E-state index in [0.29, 0.717) is 6.07 Å². The Morgan fingerprint density at radius 3 is 2.33 bits per heavy atom. The van der Waals surface area contributed by atoms with Gasteiger partial charge in [0.05, 0.1) is 17.0 Å². The van der Waals surface area contributed by atoms with Crippen molar-refractivity contribution >= 4 is 17.5 Å². The van der Waals surface area contributed by atoms with Crippen molar-refractivity contribution < 1.29 is 35.9 Å². The van der Waals surface area contributed by atoms with Crippen molar-refractivity contribution in [2.24, 2.45) is 5.73 Å². The Balaban J connectivity index is 2.56. The summed E-state index contributed by atoms with van der Waals surface area (Å²) in [4.78, 5) is 27.7. The van der Waals surface area contributed by atoms with Gasteiger partial charge >= 0.3 is 12.4 Å². The van der Waals surface area contributed by atoms with Gasteiger partial charge in [-0.2, -0.15) is 26.3 Å². The summed E-state index contributed by atoms with van der Waals surface area (Å²) < 4.78 is 82.8. The van der Waals surface area contributed by atoms with Crippen molar-refractivity contribution in [1.82, 2.24) is 9.97 Å². The third kappa shape index (κ3) is 4.90. The fourth-order valence-corrected chi connectivity index (χ4v) is 2.17. The number of hydrogen-bond acceptors (Lipinski definition) is 4. The number of nitrogens with two attached hydrogens (primary N) is 1. The van der Waals surface area contributed by atoms with E-state index in [2.05, 4.69) is 4.98 Å². The minimum Gasteiger partial charge on any atom is -0.449 e. The van der Waals surface area contributed by atoms with Crippen LogP contribution in [0.3, 0.4) is 0 Å². The van der Waals surface area contributed by atoms with Gasteiger partial charge in [0, 0.05) is 0 Å². The molecule has 6 nitrogen and oxygen atoms in total. The highest BCUT2D eigenvalue weighted by Gasteiger charge is 2.39. The molecule has 2 rings (SSSR count). The number of carbonyl (C=O) groups is 1. The van der Waals surface area contributed by atoms with E-state index in [0.717, 1.165) is 12.1 Å². The van der Waals surface area contributed by atoms with Crippen LogP contribution in [0.4, 0.5) is 26.3 Å². The van der Waals surface area contributed by atoms with Crippen LogP contribution in [0.5, 0.6) is 11.5 Å². The van der Waals surface area contributed by atoms with Gasteiger partial charge < -0.3 is 15.5 Å². The van der Waals surface area contributed by atoms with Gasteiger partial charge in [0.25, 0.3) is 5.56 Å². The molecule has 1 amide bonds. The summed E-state index contributed by atoms with van der Waals surface area (Å²) in [6.45, 7) is 0. The maximum Gasteiger partial charge on any atom is 0.437 e. The van der Waals surface area contributed by atoms with Crippen LogP contribution in [-0.4, -0.2) is 15.9 Å². The summed E-state index contributed by atoms with van der Waals surface area (Å²) in [5.74, 6) is -3.87. The minimum atomic E-state index is -5.20. The molecule has 0 aliphatic carbocycles. The average molecular weight is 416 g/mol. The fourth-order valence-electron chi connectivity index (χ4n) is 1.95. The molecule has 2 aromatic rings. The molecule has 0 aliphatic rings. The van der Waals surface area contributed by atoms with Crippen LogP contribution in [0.2, 0.25) is 5.02 Å². The highest BCUT2D eigenvalue weighted by atomic mass is 35.5. The smallest absolute Gasteiger partial charge is 0.437 e. The lowest BCUT2D eigenvalue weighted by atomic mass is 10.2. The predicted molar refractivity (Wildman–Crippen MR) is 79.3 cm³/mol. The first-order chi connectivity index (χ1) is 12.3. The Morgan fingerprint density at radius 1 is 1.19 bits per heavy atom. The molecule has 0 radical (unpaired) electrons. The van der Waals surface area contributed by atoms with Gasteiger partial charge in [0.2, 0.25) is 11.7 Å². The molecule has 1 heterocycles. The highest BCUT2D eigenvalue weighted by molar-refractivity contribution is 6.31. The van der Waals surface area contributed by atoms with Gasteiger partial charge in [-0.15, -0.1) is 0 Å². The number of ether oxygens (including phenoxy) is 1. The minimum absolute atomic E-state index is 0.333. The van der Waals surface area contributed by atoms with Gasteiger partial charge in [0.1, 0.15) is 11.6 Å². The number of rotatable bonds is 4. The Labute approximate surface area is 150 Å². The standard InChI is InChI=1S/C14H8ClF6N3O3/c15-7-2-1-5(3-6(7)13(16,17)18)27-10-11(14(19,20)21)23-9(4-8(22)25)24-12(10)26/h1-3H,4H2,(H2,22,25)(H,23,24,26). The number of alkyl halides is 6. The summed E-state index contributed by atoms with van der Waals surface area (Å²) in [5.41, 5.74) is 0.175. The molecule has 0 atom stereocenters. The van der Waals surface area contributed by atoms with E-state index < -0.39 is 63.8 Å². The van der Waals surface area contributed by atoms with Crippen LogP contribution in [0.15, 0.2) is 23.0 Å². The number of halogens is 7. The van der Waals surface area contributed by atoms with Gasteiger partial charge in [-0.05, 0) is 18.2 Å². The maximum absolute atomic E-state index is 13.2. The third-order valence-corrected chi connectivity index (χ3v) is 3.33. The number of nitrogens with one attached hydrogen (secondary N) is 1. The summed E-state index contributed by atoms with van der Waals surface area (Å²) in [6.07, 6.45) is -10.9. The van der Waals surface area contributed by atoms with E-state index in [1.165, 1.54) is 0 Å². The average Bonchev–Trinajstić information content (AvgIpc) is 2.48. The number of H-pyrrole nitrogens is 1. The van der Waals surface area contributed by atoms with E-state index in [1.807, 2.05) is 4.98 Å². The quantitative estimate of drug-likeness (QED) is 0.749. The molecule has 13 heteroatoms. The second-order valence-electron chi connectivity index (χ2n) is 5.07. The molecule has 1 aromatic carbocycles. The maximum atomic E-state index is 13.2. The molecule has 0 fully saturated rings. The summed E-state index contributed by atoms with van der Waals surface area (Å²) in [6, 6.07) is 1.92. The Hall–Kier alpha value is -2.76. The van der Waals surface area contributed by atoms with Crippen LogP contribution in [0.25, 0.3) is 0 Å². The Bertz CT molecular complexity index is 939. The lowest BCUT2D eigenvalue weighted by Gasteiger charge is -2.15. The number of benzene rings is 1. The number of amides is 1. The van der Waals surface area contributed by atoms with Gasteiger partial charge in [-0.25, -0.2) is 4.98 Å². The van der Waals surface area contributed by atoms with E-state index in [4.69, 9.17) is 22.1 Å². The SMILES string of the molecule is NC(=O)Cc1nc(C(F)(F)F)c(Oc2ccc(Cl)c(C(F)(F)F)c2)c(=O)[nH]1. The van der Waals surface area contributed by atoms with Crippen molar-refractivity contribution in [2.45, 2.75) is 18.8 Å². The fraction of sp³-hybridized carbons (Fsp3) is 0.214. The summed E-state index contributed by atoms with van der Waals surface area (Å²) in [7, 11) is 0. The lowest BCUT2D eigenvalue weighted by molar-refractivity contribution is -0.143. The molecule has 1 aromatic heterocycles. The van der Waals surface area contributed by atoms with Crippen LogP contribution in [0.1, 0.15) is 17.1 Å². The Kier molecular flexibility index (Phi) is 5.40. The van der Waals surface area contributed by atoms with Gasteiger partial charge in [0.15, 0.2) is 5.69 Å². The van der Waals surface area contributed by atoms with E-state index in [-0.39, 0.29) is 0 Å². The molecule has 27 heavy (non-hydrogen) atoms. The first-order valence-electron chi connectivity index (χ1n) is 6.82. The second kappa shape index (κ2) is 7.10. The number of aromatic amines is 1. The molecule has 0 spiro atoms. The van der Waals surface area contributed by atoms with Crippen molar-refractivity contribution in [3.63, 3.8) is 0 Å².